The predicted octanol–water partition coefficient (Wildman–Crippen LogP) is 1.11. The monoisotopic (exact) mass is 355 g/mol. The summed E-state index contributed by atoms with van der Waals surface area (Å²) in [7, 11) is 5.27. The summed E-state index contributed by atoms with van der Waals surface area (Å²) in [5.41, 5.74) is 4.12. The van der Waals surface area contributed by atoms with Crippen molar-refractivity contribution in [2.75, 3.05) is 32.3 Å². The Balaban J connectivity index is 2.10. The van der Waals surface area contributed by atoms with Gasteiger partial charge in [0.1, 0.15) is 5.75 Å². The van der Waals surface area contributed by atoms with Crippen LogP contribution in [0, 0.1) is 6.92 Å². The smallest absolute Gasteiger partial charge is 0.294 e. The van der Waals surface area contributed by atoms with E-state index in [0.29, 0.717) is 12.4 Å². The number of aromatic nitrogens is 2. The molecule has 0 unspecified atom stereocenters. The molecule has 0 aliphatic carbocycles. The lowest BCUT2D eigenvalue weighted by atomic mass is 10.1. The van der Waals surface area contributed by atoms with Crippen LogP contribution in [0.1, 0.15) is 30.5 Å². The molecule has 26 heavy (non-hydrogen) atoms. The Labute approximate surface area is 155 Å². The van der Waals surface area contributed by atoms with Crippen molar-refractivity contribution in [3.8, 4) is 5.75 Å². The number of rotatable bonds is 6. The third-order valence-electron chi connectivity index (χ3n) is 4.98. The minimum atomic E-state index is -0.0671. The number of anilines is 2. The molecule has 1 aromatic carbocycles. The van der Waals surface area contributed by atoms with E-state index in [1.54, 1.807) is 18.8 Å². The maximum absolute atomic E-state index is 13.2. The zero-order valence-corrected chi connectivity index (χ0v) is 16.2. The Bertz CT molecular complexity index is 866. The Morgan fingerprint density at radius 2 is 2.12 bits per heavy atom. The first-order chi connectivity index (χ1) is 12.5. The SMILES string of the molecule is Bc1cn([C@H](CC)COC)c(=O)c(N2CCc3cc(OC)cc(C)c32)n1. The van der Waals surface area contributed by atoms with Crippen LogP contribution in [0.25, 0.3) is 0 Å². The predicted molar refractivity (Wildman–Crippen MR) is 106 cm³/mol. The fourth-order valence-electron chi connectivity index (χ4n) is 3.72. The minimum Gasteiger partial charge on any atom is -0.497 e. The van der Waals surface area contributed by atoms with Gasteiger partial charge in [-0.15, -0.1) is 0 Å². The van der Waals surface area contributed by atoms with E-state index in [2.05, 4.69) is 22.9 Å². The molecule has 0 bridgehead atoms. The van der Waals surface area contributed by atoms with Crippen LogP contribution < -0.4 is 20.8 Å². The second-order valence-corrected chi connectivity index (χ2v) is 6.79. The van der Waals surface area contributed by atoms with Crippen LogP contribution in [-0.2, 0) is 11.2 Å². The molecule has 1 aliphatic rings. The zero-order chi connectivity index (χ0) is 18.8. The van der Waals surface area contributed by atoms with E-state index >= 15 is 0 Å². The van der Waals surface area contributed by atoms with Gasteiger partial charge in [-0.1, -0.05) is 6.92 Å². The molecule has 0 saturated heterocycles. The van der Waals surface area contributed by atoms with Crippen molar-refractivity contribution < 1.29 is 9.47 Å². The Hall–Kier alpha value is -2.28. The van der Waals surface area contributed by atoms with Crippen LogP contribution in [-0.4, -0.2) is 44.8 Å². The average molecular weight is 355 g/mol. The molecule has 0 amide bonds. The molecule has 1 aliphatic heterocycles. The maximum atomic E-state index is 13.2. The number of fused-ring (bicyclic) bond motifs is 1. The highest BCUT2D eigenvalue weighted by Gasteiger charge is 2.27. The quantitative estimate of drug-likeness (QED) is 0.727. The van der Waals surface area contributed by atoms with E-state index in [9.17, 15) is 4.79 Å². The van der Waals surface area contributed by atoms with Gasteiger partial charge in [-0.25, -0.2) is 4.98 Å². The van der Waals surface area contributed by atoms with E-state index in [4.69, 9.17) is 9.47 Å². The number of aryl methyl sites for hydroxylation is 1. The summed E-state index contributed by atoms with van der Waals surface area (Å²) in [6.07, 6.45) is 3.53. The topological polar surface area (TPSA) is 56.6 Å². The van der Waals surface area contributed by atoms with Gasteiger partial charge in [-0.05, 0) is 43.0 Å². The van der Waals surface area contributed by atoms with Gasteiger partial charge in [-0.2, -0.15) is 0 Å². The van der Waals surface area contributed by atoms with Crippen LogP contribution >= 0.6 is 0 Å². The summed E-state index contributed by atoms with van der Waals surface area (Å²) in [5.74, 6) is 1.34. The molecule has 1 atom stereocenters. The number of benzene rings is 1. The number of ether oxygens (including phenoxy) is 2. The third kappa shape index (κ3) is 3.23. The average Bonchev–Trinajstić information content (AvgIpc) is 3.05. The summed E-state index contributed by atoms with van der Waals surface area (Å²) in [6, 6.07) is 4.06. The first-order valence-corrected chi connectivity index (χ1v) is 9.03. The number of nitrogens with zero attached hydrogens (tertiary/aromatic N) is 3. The highest BCUT2D eigenvalue weighted by atomic mass is 16.5. The summed E-state index contributed by atoms with van der Waals surface area (Å²) in [5, 5.41) is 0. The maximum Gasteiger partial charge on any atom is 0.294 e. The molecule has 6 nitrogen and oxygen atoms in total. The van der Waals surface area contributed by atoms with E-state index in [1.807, 2.05) is 27.0 Å². The summed E-state index contributed by atoms with van der Waals surface area (Å²) >= 11 is 0. The van der Waals surface area contributed by atoms with Crippen LogP contribution in [0.5, 0.6) is 5.75 Å². The van der Waals surface area contributed by atoms with Crippen molar-refractivity contribution >= 4 is 24.9 Å². The first-order valence-electron chi connectivity index (χ1n) is 9.03. The zero-order valence-electron chi connectivity index (χ0n) is 16.2. The van der Waals surface area contributed by atoms with E-state index < -0.39 is 0 Å². The van der Waals surface area contributed by atoms with Crippen LogP contribution in [0.15, 0.2) is 23.1 Å². The minimum absolute atomic E-state index is 0.00647. The number of methoxy groups -OCH3 is 2. The molecule has 1 aromatic heterocycles. The van der Waals surface area contributed by atoms with Gasteiger partial charge in [0.15, 0.2) is 13.7 Å². The fourth-order valence-corrected chi connectivity index (χ4v) is 3.72. The summed E-state index contributed by atoms with van der Waals surface area (Å²) in [4.78, 5) is 19.9. The van der Waals surface area contributed by atoms with Gasteiger partial charge >= 0.3 is 0 Å². The molecule has 0 saturated carbocycles. The standard InChI is InChI=1S/C19H26BN3O3/c1-5-14(11-25-3)23-10-16(20)21-18(19(23)24)22-7-6-13-9-15(26-4)8-12(2)17(13)22/h8-10,14H,5-7,11,20H2,1-4H3/t14-/m1/s1. The lowest BCUT2D eigenvalue weighted by molar-refractivity contribution is 0.151. The van der Waals surface area contributed by atoms with E-state index in [0.717, 1.165) is 42.0 Å². The molecule has 0 fully saturated rings. The number of hydrogen-bond acceptors (Lipinski definition) is 5. The molecular formula is C19H26BN3O3. The Morgan fingerprint density at radius 1 is 1.35 bits per heavy atom. The lowest BCUT2D eigenvalue weighted by Gasteiger charge is -2.24. The molecule has 2 aromatic rings. The van der Waals surface area contributed by atoms with Crippen LogP contribution in [0.3, 0.4) is 0 Å². The van der Waals surface area contributed by atoms with Gasteiger partial charge in [0.2, 0.25) is 0 Å². The third-order valence-corrected chi connectivity index (χ3v) is 4.98. The van der Waals surface area contributed by atoms with Crippen LogP contribution in [0.2, 0.25) is 0 Å². The summed E-state index contributed by atoms with van der Waals surface area (Å²) < 4.78 is 12.5. The van der Waals surface area contributed by atoms with Gasteiger partial charge in [0, 0.05) is 31.1 Å². The number of hydrogen-bond donors (Lipinski definition) is 0. The van der Waals surface area contributed by atoms with Gasteiger partial charge in [0.05, 0.1) is 19.8 Å². The molecule has 3 rings (SSSR count). The molecule has 2 heterocycles. The Kier molecular flexibility index (Phi) is 5.37. The second-order valence-electron chi connectivity index (χ2n) is 6.79. The van der Waals surface area contributed by atoms with E-state index in [-0.39, 0.29) is 11.6 Å². The molecule has 0 N–H and O–H groups in total. The molecule has 7 heteroatoms. The van der Waals surface area contributed by atoms with Crippen molar-refractivity contribution in [3.63, 3.8) is 0 Å². The summed E-state index contributed by atoms with van der Waals surface area (Å²) in [6.45, 7) is 5.36. The Morgan fingerprint density at radius 3 is 2.77 bits per heavy atom. The van der Waals surface area contributed by atoms with Gasteiger partial charge < -0.3 is 18.9 Å². The highest BCUT2D eigenvalue weighted by Crippen LogP contribution is 2.37. The van der Waals surface area contributed by atoms with Gasteiger partial charge in [0.25, 0.3) is 5.56 Å². The van der Waals surface area contributed by atoms with Crippen molar-refractivity contribution in [1.82, 2.24) is 9.55 Å². The molecule has 138 valence electrons. The normalized spacial score (nSPS) is 14.4. The largest absolute Gasteiger partial charge is 0.497 e. The second kappa shape index (κ2) is 7.54. The van der Waals surface area contributed by atoms with Gasteiger partial charge in [-0.3, -0.25) is 4.79 Å². The van der Waals surface area contributed by atoms with Crippen LogP contribution in [0.4, 0.5) is 11.5 Å². The van der Waals surface area contributed by atoms with E-state index in [1.165, 1.54) is 5.56 Å². The molecular weight excluding hydrogens is 329 g/mol. The highest BCUT2D eigenvalue weighted by molar-refractivity contribution is 6.30. The van der Waals surface area contributed by atoms with Crippen molar-refractivity contribution in [2.24, 2.45) is 0 Å². The first kappa shape index (κ1) is 18.5. The lowest BCUT2D eigenvalue weighted by Crippen LogP contribution is -2.37. The van der Waals surface area contributed by atoms with Crippen molar-refractivity contribution in [2.45, 2.75) is 32.7 Å². The molecule has 0 radical (unpaired) electrons. The molecule has 0 spiro atoms. The van der Waals surface area contributed by atoms with Crippen molar-refractivity contribution in [1.29, 1.82) is 0 Å². The van der Waals surface area contributed by atoms with Crippen molar-refractivity contribution in [3.05, 3.63) is 39.8 Å². The fraction of sp³-hybridized carbons (Fsp3) is 0.474.